The highest BCUT2D eigenvalue weighted by molar-refractivity contribution is 5.80. The van der Waals surface area contributed by atoms with Gasteiger partial charge in [-0.15, -0.1) is 0 Å². The fourth-order valence-corrected chi connectivity index (χ4v) is 3.47. The normalized spacial score (nSPS) is 18.0. The largest absolute Gasteiger partial charge is 0.342 e. The van der Waals surface area contributed by atoms with Gasteiger partial charge in [-0.1, -0.05) is 13.8 Å². The Kier molecular flexibility index (Phi) is 5.37. The first-order valence-electron chi connectivity index (χ1n) is 9.19. The Bertz CT molecular complexity index is 736. The van der Waals surface area contributed by atoms with Crippen LogP contribution in [0.1, 0.15) is 38.3 Å². The van der Waals surface area contributed by atoms with Crippen molar-refractivity contribution in [3.63, 3.8) is 0 Å². The summed E-state index contributed by atoms with van der Waals surface area (Å²) in [5, 5.41) is 6.02. The van der Waals surface area contributed by atoms with Gasteiger partial charge in [-0.25, -0.2) is 9.67 Å². The summed E-state index contributed by atoms with van der Waals surface area (Å²) < 4.78 is 2.02. The Hall–Kier alpha value is -1.95. The highest BCUT2D eigenvalue weighted by Gasteiger charge is 2.30. The number of amides is 1. The third kappa shape index (κ3) is 4.00. The Morgan fingerprint density at radius 3 is 2.92 bits per heavy atom. The maximum absolute atomic E-state index is 12.4. The number of fused-ring (bicyclic) bond motifs is 1. The van der Waals surface area contributed by atoms with Crippen LogP contribution in [-0.4, -0.2) is 64.2 Å². The van der Waals surface area contributed by atoms with Crippen molar-refractivity contribution >= 4 is 16.9 Å². The minimum absolute atomic E-state index is 0.270. The number of carbonyl (C=O) groups excluding carboxylic acids is 1. The summed E-state index contributed by atoms with van der Waals surface area (Å²) in [4.78, 5) is 21.1. The molecule has 2 aromatic heterocycles. The Balaban J connectivity index is 1.81. The van der Waals surface area contributed by atoms with Crippen molar-refractivity contribution in [2.24, 2.45) is 5.92 Å². The fraction of sp³-hybridized carbons (Fsp3) is 0.632. The molecule has 0 saturated carbocycles. The zero-order valence-corrected chi connectivity index (χ0v) is 15.8. The van der Waals surface area contributed by atoms with E-state index < -0.39 is 0 Å². The first-order valence-corrected chi connectivity index (χ1v) is 9.19. The van der Waals surface area contributed by atoms with Gasteiger partial charge in [0, 0.05) is 43.6 Å². The number of pyridine rings is 1. The van der Waals surface area contributed by atoms with Crippen LogP contribution in [0.25, 0.3) is 11.0 Å². The van der Waals surface area contributed by atoms with Crippen molar-refractivity contribution in [2.45, 2.75) is 39.2 Å². The number of rotatable bonds is 6. The van der Waals surface area contributed by atoms with E-state index in [9.17, 15) is 4.79 Å². The highest BCUT2D eigenvalue weighted by Crippen LogP contribution is 2.31. The molecule has 0 radical (unpaired) electrons. The van der Waals surface area contributed by atoms with Gasteiger partial charge in [-0.2, -0.15) is 5.10 Å². The predicted molar refractivity (Wildman–Crippen MR) is 99.5 cm³/mol. The van der Waals surface area contributed by atoms with E-state index in [1.54, 1.807) is 0 Å². The van der Waals surface area contributed by atoms with E-state index in [4.69, 9.17) is 5.10 Å². The SMILES string of the molecule is CC(C)CC(=O)N1CC[C@@H](c2nn(CCN(C)C)c3ncccc23)C1. The van der Waals surface area contributed by atoms with E-state index in [-0.39, 0.29) is 5.91 Å². The molecule has 1 aliphatic rings. The van der Waals surface area contributed by atoms with Gasteiger partial charge in [0.05, 0.1) is 12.2 Å². The number of likely N-dealkylation sites (tertiary alicyclic amines) is 1. The zero-order chi connectivity index (χ0) is 18.0. The molecular formula is C19H29N5O. The van der Waals surface area contributed by atoms with Crippen LogP contribution < -0.4 is 0 Å². The van der Waals surface area contributed by atoms with E-state index >= 15 is 0 Å². The lowest BCUT2D eigenvalue weighted by atomic mass is 10.0. The van der Waals surface area contributed by atoms with E-state index in [0.717, 1.165) is 49.3 Å². The molecule has 0 aromatic carbocycles. The van der Waals surface area contributed by atoms with Gasteiger partial charge in [-0.3, -0.25) is 4.79 Å². The molecule has 0 bridgehead atoms. The Morgan fingerprint density at radius 1 is 1.40 bits per heavy atom. The van der Waals surface area contributed by atoms with Crippen LogP contribution in [-0.2, 0) is 11.3 Å². The van der Waals surface area contributed by atoms with E-state index in [0.29, 0.717) is 18.3 Å². The second-order valence-electron chi connectivity index (χ2n) is 7.71. The number of likely N-dealkylation sites (N-methyl/N-ethyl adjacent to an activating group) is 1. The van der Waals surface area contributed by atoms with Gasteiger partial charge in [0.15, 0.2) is 5.65 Å². The minimum Gasteiger partial charge on any atom is -0.342 e. The first-order chi connectivity index (χ1) is 12.0. The first kappa shape index (κ1) is 17.9. The van der Waals surface area contributed by atoms with Gasteiger partial charge in [0.1, 0.15) is 0 Å². The number of hydrogen-bond acceptors (Lipinski definition) is 4. The van der Waals surface area contributed by atoms with Crippen molar-refractivity contribution in [3.8, 4) is 0 Å². The lowest BCUT2D eigenvalue weighted by Gasteiger charge is -2.17. The molecule has 1 amide bonds. The van der Waals surface area contributed by atoms with Crippen LogP contribution in [0.3, 0.4) is 0 Å². The van der Waals surface area contributed by atoms with Crippen molar-refractivity contribution in [1.29, 1.82) is 0 Å². The molecule has 0 aliphatic carbocycles. The van der Waals surface area contributed by atoms with E-state index in [1.807, 2.05) is 21.8 Å². The Labute approximate surface area is 149 Å². The molecule has 0 spiro atoms. The molecule has 25 heavy (non-hydrogen) atoms. The number of aromatic nitrogens is 3. The molecule has 6 heteroatoms. The maximum atomic E-state index is 12.4. The number of nitrogens with zero attached hydrogens (tertiary/aromatic N) is 5. The number of carbonyl (C=O) groups is 1. The smallest absolute Gasteiger partial charge is 0.222 e. The summed E-state index contributed by atoms with van der Waals surface area (Å²) >= 11 is 0. The van der Waals surface area contributed by atoms with Gasteiger partial charge in [0.2, 0.25) is 5.91 Å². The Morgan fingerprint density at radius 2 is 2.20 bits per heavy atom. The van der Waals surface area contributed by atoms with Gasteiger partial charge in [0.25, 0.3) is 0 Å². The van der Waals surface area contributed by atoms with Crippen LogP contribution in [0.15, 0.2) is 18.3 Å². The summed E-state index contributed by atoms with van der Waals surface area (Å²) in [5.41, 5.74) is 2.05. The molecule has 1 saturated heterocycles. The molecule has 3 rings (SSSR count). The van der Waals surface area contributed by atoms with Crippen LogP contribution in [0, 0.1) is 5.92 Å². The van der Waals surface area contributed by atoms with E-state index in [1.165, 1.54) is 0 Å². The summed E-state index contributed by atoms with van der Waals surface area (Å²) in [7, 11) is 4.13. The van der Waals surface area contributed by atoms with Crippen molar-refractivity contribution < 1.29 is 4.79 Å². The van der Waals surface area contributed by atoms with Crippen LogP contribution in [0.2, 0.25) is 0 Å². The van der Waals surface area contributed by atoms with Gasteiger partial charge < -0.3 is 9.80 Å². The topological polar surface area (TPSA) is 54.3 Å². The zero-order valence-electron chi connectivity index (χ0n) is 15.8. The van der Waals surface area contributed by atoms with Crippen LogP contribution in [0.4, 0.5) is 0 Å². The predicted octanol–water partition coefficient (Wildman–Crippen LogP) is 2.35. The minimum atomic E-state index is 0.270. The molecule has 0 unspecified atom stereocenters. The van der Waals surface area contributed by atoms with E-state index in [2.05, 4.69) is 43.9 Å². The molecule has 6 nitrogen and oxygen atoms in total. The van der Waals surface area contributed by atoms with Crippen LogP contribution >= 0.6 is 0 Å². The molecule has 136 valence electrons. The summed E-state index contributed by atoms with van der Waals surface area (Å²) in [5.74, 6) is 0.984. The van der Waals surface area contributed by atoms with Crippen molar-refractivity contribution in [2.75, 3.05) is 33.7 Å². The van der Waals surface area contributed by atoms with Crippen molar-refractivity contribution in [3.05, 3.63) is 24.0 Å². The third-order valence-corrected chi connectivity index (χ3v) is 4.81. The maximum Gasteiger partial charge on any atom is 0.222 e. The summed E-state index contributed by atoms with van der Waals surface area (Å²) in [6.07, 6.45) is 3.44. The molecule has 0 N–H and O–H groups in total. The van der Waals surface area contributed by atoms with Gasteiger partial charge >= 0.3 is 0 Å². The average Bonchev–Trinajstić information content (AvgIpc) is 3.17. The van der Waals surface area contributed by atoms with Gasteiger partial charge in [-0.05, 0) is 38.6 Å². The summed E-state index contributed by atoms with van der Waals surface area (Å²) in [6.45, 7) is 7.55. The van der Waals surface area contributed by atoms with Crippen LogP contribution in [0.5, 0.6) is 0 Å². The quantitative estimate of drug-likeness (QED) is 0.808. The monoisotopic (exact) mass is 343 g/mol. The lowest BCUT2D eigenvalue weighted by Crippen LogP contribution is -2.29. The fourth-order valence-electron chi connectivity index (χ4n) is 3.47. The third-order valence-electron chi connectivity index (χ3n) is 4.81. The molecule has 1 atom stereocenters. The standard InChI is InChI=1S/C19H29N5O/c1-14(2)12-17(25)23-9-7-15(13-23)18-16-6-5-8-20-19(16)24(21-18)11-10-22(3)4/h5-6,8,14-15H,7,9-13H2,1-4H3/t15-/m1/s1. The number of hydrogen-bond donors (Lipinski definition) is 0. The molecule has 1 aliphatic heterocycles. The highest BCUT2D eigenvalue weighted by atomic mass is 16.2. The van der Waals surface area contributed by atoms with Crippen molar-refractivity contribution in [1.82, 2.24) is 24.6 Å². The molecule has 3 heterocycles. The molecule has 2 aromatic rings. The average molecular weight is 343 g/mol. The molecular weight excluding hydrogens is 314 g/mol. The second-order valence-corrected chi connectivity index (χ2v) is 7.71. The molecule has 1 fully saturated rings. The second kappa shape index (κ2) is 7.52. The lowest BCUT2D eigenvalue weighted by molar-refractivity contribution is -0.130. The summed E-state index contributed by atoms with van der Waals surface area (Å²) in [6, 6.07) is 4.08.